The highest BCUT2D eigenvalue weighted by Gasteiger charge is 2.22. The molecule has 142 valence electrons. The van der Waals surface area contributed by atoms with Crippen molar-refractivity contribution in [2.24, 2.45) is 0 Å². The maximum atomic E-state index is 12.7. The highest BCUT2D eigenvalue weighted by Crippen LogP contribution is 2.24. The number of nitrogens with zero attached hydrogens (tertiary/aromatic N) is 2. The van der Waals surface area contributed by atoms with Crippen LogP contribution in [0.4, 0.5) is 16.2 Å². The third kappa shape index (κ3) is 4.48. The van der Waals surface area contributed by atoms with Crippen LogP contribution in [-0.4, -0.2) is 42.9 Å². The average molecular weight is 365 g/mol. The van der Waals surface area contributed by atoms with Crippen LogP contribution < -0.4 is 10.2 Å². The van der Waals surface area contributed by atoms with E-state index >= 15 is 0 Å². The van der Waals surface area contributed by atoms with Gasteiger partial charge in [-0.25, -0.2) is 4.79 Å². The Hall–Kier alpha value is -2.82. The van der Waals surface area contributed by atoms with Crippen molar-refractivity contribution in [2.75, 3.05) is 36.4 Å². The highest BCUT2D eigenvalue weighted by atomic mass is 16.2. The summed E-state index contributed by atoms with van der Waals surface area (Å²) in [5.41, 5.74) is 3.85. The van der Waals surface area contributed by atoms with E-state index in [4.69, 9.17) is 0 Å². The molecule has 27 heavy (non-hydrogen) atoms. The molecule has 1 N–H and O–H groups in total. The van der Waals surface area contributed by atoms with Crippen LogP contribution in [0.2, 0.25) is 0 Å². The van der Waals surface area contributed by atoms with E-state index in [1.54, 1.807) is 6.92 Å². The van der Waals surface area contributed by atoms with Crippen molar-refractivity contribution >= 4 is 23.2 Å². The fourth-order valence-electron chi connectivity index (χ4n) is 3.38. The lowest BCUT2D eigenvalue weighted by Gasteiger charge is -2.36. The molecule has 0 unspecified atom stereocenters. The minimum atomic E-state index is -0.0466. The van der Waals surface area contributed by atoms with E-state index in [1.165, 1.54) is 0 Å². The first kappa shape index (κ1) is 19.0. The number of amides is 2. The summed E-state index contributed by atoms with van der Waals surface area (Å²) in [6, 6.07) is 15.6. The molecule has 1 saturated heterocycles. The molecule has 5 nitrogen and oxygen atoms in total. The van der Waals surface area contributed by atoms with E-state index in [9.17, 15) is 9.59 Å². The minimum absolute atomic E-state index is 0.0466. The van der Waals surface area contributed by atoms with Crippen LogP contribution in [0, 0.1) is 0 Å². The maximum Gasteiger partial charge on any atom is 0.321 e. The Bertz CT molecular complexity index is 807. The van der Waals surface area contributed by atoms with Gasteiger partial charge in [0.2, 0.25) is 0 Å². The van der Waals surface area contributed by atoms with E-state index in [-0.39, 0.29) is 11.8 Å². The minimum Gasteiger partial charge on any atom is -0.368 e. The Kier molecular flexibility index (Phi) is 5.79. The molecule has 0 aromatic heterocycles. The lowest BCUT2D eigenvalue weighted by atomic mass is 10.0. The van der Waals surface area contributed by atoms with Crippen molar-refractivity contribution in [1.29, 1.82) is 0 Å². The van der Waals surface area contributed by atoms with Crippen molar-refractivity contribution in [2.45, 2.75) is 26.7 Å². The van der Waals surface area contributed by atoms with Gasteiger partial charge in [-0.1, -0.05) is 32.0 Å². The summed E-state index contributed by atoms with van der Waals surface area (Å²) in [5, 5.41) is 3.07. The van der Waals surface area contributed by atoms with E-state index in [1.807, 2.05) is 47.4 Å². The first-order valence-corrected chi connectivity index (χ1v) is 9.46. The summed E-state index contributed by atoms with van der Waals surface area (Å²) < 4.78 is 0. The number of nitrogens with one attached hydrogen (secondary N) is 1. The van der Waals surface area contributed by atoms with Crippen LogP contribution in [0.5, 0.6) is 0 Å². The number of para-hydroxylation sites is 1. The molecule has 1 aliphatic heterocycles. The van der Waals surface area contributed by atoms with Crippen LogP contribution >= 0.6 is 0 Å². The first-order valence-electron chi connectivity index (χ1n) is 9.46. The Morgan fingerprint density at radius 2 is 1.56 bits per heavy atom. The van der Waals surface area contributed by atoms with E-state index in [2.05, 4.69) is 30.1 Å². The fraction of sp³-hybridized carbons (Fsp3) is 0.364. The number of Topliss-reactive ketones (excluding diaryl/α,β-unsaturated/α-hetero) is 1. The van der Waals surface area contributed by atoms with Crippen LogP contribution in [-0.2, 0) is 0 Å². The lowest BCUT2D eigenvalue weighted by molar-refractivity contribution is 0.101. The second-order valence-corrected chi connectivity index (χ2v) is 7.25. The summed E-state index contributed by atoms with van der Waals surface area (Å²) >= 11 is 0. The molecule has 1 heterocycles. The summed E-state index contributed by atoms with van der Waals surface area (Å²) in [7, 11) is 0. The summed E-state index contributed by atoms with van der Waals surface area (Å²) in [6.45, 7) is 8.72. The molecule has 5 heteroatoms. The third-order valence-electron chi connectivity index (χ3n) is 5.03. The molecular formula is C22H27N3O2. The molecule has 0 bridgehead atoms. The molecule has 1 fully saturated rings. The second kappa shape index (κ2) is 8.25. The number of benzene rings is 2. The highest BCUT2D eigenvalue weighted by molar-refractivity contribution is 5.94. The van der Waals surface area contributed by atoms with Crippen LogP contribution in [0.3, 0.4) is 0 Å². The summed E-state index contributed by atoms with van der Waals surface area (Å²) in [5.74, 6) is 0.432. The molecule has 0 saturated carbocycles. The van der Waals surface area contributed by atoms with E-state index in [0.717, 1.165) is 35.6 Å². The predicted octanol–water partition coefficient (Wildman–Crippen LogP) is 4.37. The topological polar surface area (TPSA) is 52.7 Å². The normalized spacial score (nSPS) is 14.4. The molecule has 0 aliphatic carbocycles. The Balaban J connectivity index is 1.59. The smallest absolute Gasteiger partial charge is 0.321 e. The zero-order valence-corrected chi connectivity index (χ0v) is 16.2. The van der Waals surface area contributed by atoms with E-state index in [0.29, 0.717) is 19.0 Å². The van der Waals surface area contributed by atoms with Gasteiger partial charge in [-0.05, 0) is 48.7 Å². The summed E-state index contributed by atoms with van der Waals surface area (Å²) in [6.07, 6.45) is 0. The van der Waals surface area contributed by atoms with Crippen molar-refractivity contribution in [3.8, 4) is 0 Å². The van der Waals surface area contributed by atoms with Gasteiger partial charge in [-0.3, -0.25) is 4.79 Å². The maximum absolute atomic E-state index is 12.7. The van der Waals surface area contributed by atoms with Crippen LogP contribution in [0.1, 0.15) is 42.6 Å². The SMILES string of the molecule is CC(=O)c1ccc(N2CCN(C(=O)Nc3ccccc3C(C)C)CC2)cc1. The van der Waals surface area contributed by atoms with Gasteiger partial charge < -0.3 is 15.1 Å². The number of rotatable bonds is 4. The monoisotopic (exact) mass is 365 g/mol. The van der Waals surface area contributed by atoms with E-state index < -0.39 is 0 Å². The van der Waals surface area contributed by atoms with Gasteiger partial charge in [-0.15, -0.1) is 0 Å². The van der Waals surface area contributed by atoms with Crippen molar-refractivity contribution in [3.63, 3.8) is 0 Å². The Labute approximate surface area is 161 Å². The number of hydrogen-bond donors (Lipinski definition) is 1. The number of anilines is 2. The van der Waals surface area contributed by atoms with Gasteiger partial charge in [0.15, 0.2) is 5.78 Å². The number of ketones is 1. The van der Waals surface area contributed by atoms with Crippen LogP contribution in [0.25, 0.3) is 0 Å². The zero-order chi connectivity index (χ0) is 19.4. The van der Waals surface area contributed by atoms with Gasteiger partial charge in [0, 0.05) is 43.1 Å². The first-order chi connectivity index (χ1) is 13.0. The standard InChI is InChI=1S/C22H27N3O2/c1-16(2)20-6-4-5-7-21(20)23-22(27)25-14-12-24(13-15-25)19-10-8-18(9-11-19)17(3)26/h4-11,16H,12-15H2,1-3H3,(H,23,27). The van der Waals surface area contributed by atoms with Crippen molar-refractivity contribution in [3.05, 3.63) is 59.7 Å². The number of carbonyl (C=O) groups is 2. The van der Waals surface area contributed by atoms with Gasteiger partial charge in [0.1, 0.15) is 0 Å². The number of hydrogen-bond acceptors (Lipinski definition) is 3. The van der Waals surface area contributed by atoms with Crippen molar-refractivity contribution < 1.29 is 9.59 Å². The van der Waals surface area contributed by atoms with Gasteiger partial charge in [-0.2, -0.15) is 0 Å². The Morgan fingerprint density at radius 3 is 2.15 bits per heavy atom. The number of urea groups is 1. The van der Waals surface area contributed by atoms with Crippen LogP contribution in [0.15, 0.2) is 48.5 Å². The van der Waals surface area contributed by atoms with Crippen molar-refractivity contribution in [1.82, 2.24) is 4.90 Å². The predicted molar refractivity (Wildman–Crippen MR) is 110 cm³/mol. The second-order valence-electron chi connectivity index (χ2n) is 7.25. The molecule has 1 aliphatic rings. The molecule has 2 aromatic carbocycles. The molecule has 3 rings (SSSR count). The lowest BCUT2D eigenvalue weighted by Crippen LogP contribution is -2.50. The average Bonchev–Trinajstić information content (AvgIpc) is 2.68. The molecule has 0 spiro atoms. The zero-order valence-electron chi connectivity index (χ0n) is 16.2. The largest absolute Gasteiger partial charge is 0.368 e. The molecule has 0 radical (unpaired) electrons. The fourth-order valence-corrected chi connectivity index (χ4v) is 3.38. The van der Waals surface area contributed by atoms with Gasteiger partial charge in [0.05, 0.1) is 0 Å². The van der Waals surface area contributed by atoms with Gasteiger partial charge >= 0.3 is 6.03 Å². The molecule has 2 aromatic rings. The Morgan fingerprint density at radius 1 is 0.926 bits per heavy atom. The number of piperazine rings is 1. The third-order valence-corrected chi connectivity index (χ3v) is 5.03. The van der Waals surface area contributed by atoms with Gasteiger partial charge in [0.25, 0.3) is 0 Å². The summed E-state index contributed by atoms with van der Waals surface area (Å²) in [4.78, 5) is 28.2. The number of carbonyl (C=O) groups excluding carboxylic acids is 2. The molecule has 2 amide bonds. The molecule has 0 atom stereocenters. The molecular weight excluding hydrogens is 338 g/mol. The quantitative estimate of drug-likeness (QED) is 0.819.